The summed E-state index contributed by atoms with van der Waals surface area (Å²) in [5, 5.41) is 6.89. The number of guanidine groups is 1. The first kappa shape index (κ1) is 20.2. The van der Waals surface area contributed by atoms with Gasteiger partial charge in [-0.2, -0.15) is 0 Å². The Morgan fingerprint density at radius 2 is 2.12 bits per heavy atom. The molecule has 0 radical (unpaired) electrons. The maximum atomic E-state index is 5.61. The first-order valence-corrected chi connectivity index (χ1v) is 10.1. The van der Waals surface area contributed by atoms with Gasteiger partial charge in [0, 0.05) is 32.8 Å². The summed E-state index contributed by atoms with van der Waals surface area (Å²) in [6.07, 6.45) is 10.7. The summed E-state index contributed by atoms with van der Waals surface area (Å²) in [5.74, 6) is 0.956. The lowest BCUT2D eigenvalue weighted by molar-refractivity contribution is 0.107. The highest BCUT2D eigenvalue weighted by atomic mass is 16.5. The summed E-state index contributed by atoms with van der Waals surface area (Å²) in [7, 11) is 0. The van der Waals surface area contributed by atoms with Crippen LogP contribution >= 0.6 is 0 Å². The van der Waals surface area contributed by atoms with E-state index >= 15 is 0 Å². The van der Waals surface area contributed by atoms with Crippen LogP contribution in [0.15, 0.2) is 16.6 Å². The molecule has 0 aromatic heterocycles. The highest BCUT2D eigenvalue weighted by molar-refractivity contribution is 5.79. The minimum atomic E-state index is 0.348. The average molecular weight is 352 g/mol. The van der Waals surface area contributed by atoms with Crippen molar-refractivity contribution in [3.8, 4) is 0 Å². The predicted molar refractivity (Wildman–Crippen MR) is 104 cm³/mol. The molecule has 1 aliphatic carbocycles. The molecule has 0 saturated heterocycles. The summed E-state index contributed by atoms with van der Waals surface area (Å²) in [6, 6.07) is 0. The third kappa shape index (κ3) is 7.37. The Morgan fingerprint density at radius 3 is 2.80 bits per heavy atom. The molecule has 5 nitrogen and oxygen atoms in total. The molecule has 0 aromatic rings. The van der Waals surface area contributed by atoms with E-state index in [-0.39, 0.29) is 0 Å². The van der Waals surface area contributed by atoms with Crippen molar-refractivity contribution in [1.82, 2.24) is 10.6 Å². The maximum Gasteiger partial charge on any atom is 0.191 e. The monoisotopic (exact) mass is 351 g/mol. The lowest BCUT2D eigenvalue weighted by Gasteiger charge is -2.27. The molecule has 1 saturated carbocycles. The Kier molecular flexibility index (Phi) is 9.33. The second-order valence-electron chi connectivity index (χ2n) is 7.21. The highest BCUT2D eigenvalue weighted by Gasteiger charge is 2.33. The molecule has 0 unspecified atom stereocenters. The summed E-state index contributed by atoms with van der Waals surface area (Å²) in [4.78, 5) is 4.92. The molecule has 0 aromatic carbocycles. The van der Waals surface area contributed by atoms with E-state index in [0.29, 0.717) is 5.41 Å². The molecule has 1 fully saturated rings. The van der Waals surface area contributed by atoms with E-state index in [0.717, 1.165) is 71.3 Å². The zero-order valence-corrected chi connectivity index (χ0v) is 16.2. The molecule has 0 spiro atoms. The van der Waals surface area contributed by atoms with Crippen LogP contribution in [0, 0.1) is 5.41 Å². The van der Waals surface area contributed by atoms with Crippen molar-refractivity contribution in [3.63, 3.8) is 0 Å². The van der Waals surface area contributed by atoms with Gasteiger partial charge < -0.3 is 20.1 Å². The fourth-order valence-corrected chi connectivity index (χ4v) is 3.77. The van der Waals surface area contributed by atoms with Crippen LogP contribution in [0.1, 0.15) is 58.8 Å². The van der Waals surface area contributed by atoms with Crippen LogP contribution in [-0.2, 0) is 9.47 Å². The van der Waals surface area contributed by atoms with Gasteiger partial charge in [0.2, 0.25) is 0 Å². The van der Waals surface area contributed by atoms with Gasteiger partial charge in [0.25, 0.3) is 0 Å². The van der Waals surface area contributed by atoms with Gasteiger partial charge in [-0.05, 0) is 51.4 Å². The van der Waals surface area contributed by atoms with E-state index in [4.69, 9.17) is 14.5 Å². The van der Waals surface area contributed by atoms with Crippen LogP contribution < -0.4 is 10.6 Å². The fraction of sp³-hybridized carbons (Fsp3) is 0.850. The molecule has 25 heavy (non-hydrogen) atoms. The number of aliphatic imine (C=N–C) groups is 1. The van der Waals surface area contributed by atoms with Crippen LogP contribution in [0.5, 0.6) is 0 Å². The van der Waals surface area contributed by atoms with Gasteiger partial charge in [-0.3, -0.25) is 4.99 Å². The van der Waals surface area contributed by atoms with E-state index in [1.807, 2.05) is 0 Å². The summed E-state index contributed by atoms with van der Waals surface area (Å²) >= 11 is 0. The minimum absolute atomic E-state index is 0.348. The second kappa shape index (κ2) is 11.5. The number of hydrogen-bond acceptors (Lipinski definition) is 3. The van der Waals surface area contributed by atoms with Crippen molar-refractivity contribution < 1.29 is 9.47 Å². The molecule has 2 rings (SSSR count). The zero-order chi connectivity index (χ0) is 17.8. The van der Waals surface area contributed by atoms with Crippen molar-refractivity contribution in [2.24, 2.45) is 10.4 Å². The number of ether oxygens (including phenoxy) is 2. The Hall–Kier alpha value is -1.07. The molecule has 0 atom stereocenters. The minimum Gasteiger partial charge on any atom is -0.382 e. The molecule has 1 aliphatic heterocycles. The quantitative estimate of drug-likeness (QED) is 0.274. The third-order valence-electron chi connectivity index (χ3n) is 5.36. The van der Waals surface area contributed by atoms with Crippen LogP contribution in [0.4, 0.5) is 0 Å². The summed E-state index contributed by atoms with van der Waals surface area (Å²) < 4.78 is 11.0. The van der Waals surface area contributed by atoms with E-state index in [9.17, 15) is 0 Å². The van der Waals surface area contributed by atoms with Gasteiger partial charge in [0.1, 0.15) is 0 Å². The van der Waals surface area contributed by atoms with Gasteiger partial charge in [0.15, 0.2) is 5.96 Å². The van der Waals surface area contributed by atoms with Crippen molar-refractivity contribution >= 4 is 5.96 Å². The van der Waals surface area contributed by atoms with Gasteiger partial charge in [-0.15, -0.1) is 0 Å². The summed E-state index contributed by atoms with van der Waals surface area (Å²) in [5.41, 5.74) is 1.85. The maximum absolute atomic E-state index is 5.61. The third-order valence-corrected chi connectivity index (χ3v) is 5.36. The first-order chi connectivity index (χ1) is 12.3. The van der Waals surface area contributed by atoms with Crippen LogP contribution in [0.25, 0.3) is 0 Å². The molecule has 0 bridgehead atoms. The van der Waals surface area contributed by atoms with Gasteiger partial charge in [-0.25, -0.2) is 0 Å². The van der Waals surface area contributed by atoms with E-state index < -0.39 is 0 Å². The Labute approximate surface area is 153 Å². The normalized spacial score (nSPS) is 20.4. The largest absolute Gasteiger partial charge is 0.382 e. The average Bonchev–Trinajstić information content (AvgIpc) is 3.10. The second-order valence-corrected chi connectivity index (χ2v) is 7.21. The number of nitrogens with one attached hydrogen (secondary N) is 2. The first-order valence-electron chi connectivity index (χ1n) is 10.1. The van der Waals surface area contributed by atoms with Crippen molar-refractivity contribution in [1.29, 1.82) is 0 Å². The predicted octanol–water partition coefficient (Wildman–Crippen LogP) is 3.27. The standard InChI is InChI=1S/C20H37N3O2/c1-3-21-19(22-13-7-18-8-14-25-15-9-18)23-17-20(10-5-6-11-20)12-16-24-4-2/h8H,3-7,9-17H2,1-2H3,(H2,21,22,23). The molecule has 0 amide bonds. The lowest BCUT2D eigenvalue weighted by atomic mass is 9.83. The van der Waals surface area contributed by atoms with Gasteiger partial charge in [0.05, 0.1) is 13.2 Å². The smallest absolute Gasteiger partial charge is 0.191 e. The Bertz CT molecular complexity index is 429. The van der Waals surface area contributed by atoms with Crippen LogP contribution in [0.3, 0.4) is 0 Å². The Morgan fingerprint density at radius 1 is 1.28 bits per heavy atom. The zero-order valence-electron chi connectivity index (χ0n) is 16.2. The topological polar surface area (TPSA) is 54.9 Å². The number of rotatable bonds is 10. The van der Waals surface area contributed by atoms with Gasteiger partial charge >= 0.3 is 0 Å². The van der Waals surface area contributed by atoms with Crippen molar-refractivity contribution in [3.05, 3.63) is 11.6 Å². The van der Waals surface area contributed by atoms with E-state index in [1.54, 1.807) is 0 Å². The van der Waals surface area contributed by atoms with Crippen LogP contribution in [-0.4, -0.2) is 52.0 Å². The van der Waals surface area contributed by atoms with Gasteiger partial charge in [-0.1, -0.05) is 24.5 Å². The molecular formula is C20H37N3O2. The lowest BCUT2D eigenvalue weighted by Crippen LogP contribution is -2.39. The van der Waals surface area contributed by atoms with E-state index in [1.165, 1.54) is 31.3 Å². The van der Waals surface area contributed by atoms with Crippen LogP contribution in [0.2, 0.25) is 0 Å². The summed E-state index contributed by atoms with van der Waals surface area (Å²) in [6.45, 7) is 10.2. The molecule has 2 N–H and O–H groups in total. The van der Waals surface area contributed by atoms with Crippen molar-refractivity contribution in [2.45, 2.75) is 58.8 Å². The van der Waals surface area contributed by atoms with Crippen molar-refractivity contribution in [2.75, 3.05) is 46.1 Å². The molecule has 5 heteroatoms. The SMILES string of the molecule is CCNC(=NCC1(CCOCC)CCCC1)NCCC1=CCOCC1. The molecule has 1 heterocycles. The molecule has 144 valence electrons. The Balaban J connectivity index is 1.82. The number of nitrogens with zero attached hydrogens (tertiary/aromatic N) is 1. The number of hydrogen-bond donors (Lipinski definition) is 2. The highest BCUT2D eigenvalue weighted by Crippen LogP contribution is 2.41. The molecule has 2 aliphatic rings. The fourth-order valence-electron chi connectivity index (χ4n) is 3.77. The van der Waals surface area contributed by atoms with E-state index in [2.05, 4.69) is 30.6 Å². The molecular weight excluding hydrogens is 314 g/mol.